The van der Waals surface area contributed by atoms with Crippen LogP contribution in [0.4, 0.5) is 0 Å². The van der Waals surface area contributed by atoms with Crippen molar-refractivity contribution in [1.29, 1.82) is 0 Å². The molecule has 0 aliphatic rings. The number of hydrogen-bond donors (Lipinski definition) is 1. The van der Waals surface area contributed by atoms with Crippen molar-refractivity contribution in [2.45, 2.75) is 92.8 Å². The number of pyridine rings is 1. The summed E-state index contributed by atoms with van der Waals surface area (Å²) >= 11 is 0. The Hall–Kier alpha value is -6.26. The molecular formula is C57H59N3O. The molecule has 1 N–H and O–H groups in total. The van der Waals surface area contributed by atoms with E-state index in [-0.39, 0.29) is 23.0 Å². The Kier molecular flexibility index (Phi) is 10.3. The van der Waals surface area contributed by atoms with Crippen LogP contribution in [0.25, 0.3) is 72.7 Å². The van der Waals surface area contributed by atoms with E-state index in [9.17, 15) is 5.11 Å². The molecule has 0 saturated heterocycles. The maximum absolute atomic E-state index is 12.3. The molecule has 0 radical (unpaired) electrons. The molecule has 0 saturated carbocycles. The lowest BCUT2D eigenvalue weighted by atomic mass is 9.83. The maximum Gasteiger partial charge on any atom is 0.149 e. The van der Waals surface area contributed by atoms with Crippen molar-refractivity contribution in [2.24, 2.45) is 5.92 Å². The molecule has 308 valence electrons. The summed E-state index contributed by atoms with van der Waals surface area (Å²) in [7, 11) is 0. The highest BCUT2D eigenvalue weighted by atomic mass is 16.3. The van der Waals surface area contributed by atoms with E-state index in [4.69, 9.17) is 14.1 Å². The minimum absolute atomic E-state index is 0.0975. The lowest BCUT2D eigenvalue weighted by molar-refractivity contribution is 0.466. The fourth-order valence-electron chi connectivity index (χ4n) is 8.40. The van der Waals surface area contributed by atoms with Crippen LogP contribution < -0.4 is 0 Å². The Morgan fingerprint density at radius 1 is 0.639 bits per heavy atom. The first-order chi connectivity index (χ1) is 30.4. The van der Waals surface area contributed by atoms with Gasteiger partial charge >= 0.3 is 0 Å². The summed E-state index contributed by atoms with van der Waals surface area (Å²) in [6, 6.07) is 45.9. The quantitative estimate of drug-likeness (QED) is 0.150. The van der Waals surface area contributed by atoms with Gasteiger partial charge in [0.25, 0.3) is 0 Å². The van der Waals surface area contributed by atoms with E-state index < -0.39 is 6.85 Å². The second-order valence-electron chi connectivity index (χ2n) is 18.6. The summed E-state index contributed by atoms with van der Waals surface area (Å²) < 4.78 is 25.8. The van der Waals surface area contributed by atoms with Gasteiger partial charge in [0, 0.05) is 27.0 Å². The predicted octanol–water partition coefficient (Wildman–Crippen LogP) is 15.5. The van der Waals surface area contributed by atoms with Crippen LogP contribution in [0.1, 0.15) is 106 Å². The first kappa shape index (κ1) is 37.7. The number of benzene rings is 6. The minimum atomic E-state index is -2.16. The SMILES string of the molecule is [2H]C([2H])([2H])c1ccc(-c2ccnc(-c3cc(-c4cccc5c4nc(-c4cc(C(C)C)cc(C(C)C)c4O)n5-c4ccc(CC(C)C)cc4-c4ccccc4)cc(C(C)(C)C)c3)c2)cc1. The Morgan fingerprint density at radius 3 is 2.08 bits per heavy atom. The molecule has 0 fully saturated rings. The molecule has 8 rings (SSSR count). The van der Waals surface area contributed by atoms with Crippen LogP contribution in [0.5, 0.6) is 5.75 Å². The van der Waals surface area contributed by atoms with Crippen molar-refractivity contribution >= 4 is 11.0 Å². The molecule has 0 spiro atoms. The summed E-state index contributed by atoms with van der Waals surface area (Å²) in [5.41, 5.74) is 15.9. The number of nitrogens with zero attached hydrogens (tertiary/aromatic N) is 3. The smallest absolute Gasteiger partial charge is 0.149 e. The molecule has 61 heavy (non-hydrogen) atoms. The maximum atomic E-state index is 12.3. The average molecular weight is 805 g/mol. The van der Waals surface area contributed by atoms with Crippen LogP contribution in [-0.4, -0.2) is 19.6 Å². The summed E-state index contributed by atoms with van der Waals surface area (Å²) in [5.74, 6) is 1.77. The molecule has 6 aromatic carbocycles. The van der Waals surface area contributed by atoms with E-state index >= 15 is 0 Å². The van der Waals surface area contributed by atoms with Crippen LogP contribution in [0.3, 0.4) is 0 Å². The summed E-state index contributed by atoms with van der Waals surface area (Å²) in [6.07, 6.45) is 2.78. The third-order valence-electron chi connectivity index (χ3n) is 11.8. The summed E-state index contributed by atoms with van der Waals surface area (Å²) in [6.45, 7) is 17.7. The van der Waals surface area contributed by atoms with Gasteiger partial charge in [0.1, 0.15) is 11.6 Å². The highest BCUT2D eigenvalue weighted by Crippen LogP contribution is 2.44. The van der Waals surface area contributed by atoms with Gasteiger partial charge in [0.2, 0.25) is 0 Å². The zero-order valence-corrected chi connectivity index (χ0v) is 37.0. The van der Waals surface area contributed by atoms with Gasteiger partial charge in [-0.15, -0.1) is 0 Å². The second-order valence-corrected chi connectivity index (χ2v) is 18.6. The Bertz CT molecular complexity index is 2970. The number of aromatic nitrogens is 3. The number of aryl methyl sites for hydroxylation is 1. The molecule has 4 heteroatoms. The van der Waals surface area contributed by atoms with Crippen molar-refractivity contribution in [2.75, 3.05) is 0 Å². The zero-order valence-electron chi connectivity index (χ0n) is 40.0. The van der Waals surface area contributed by atoms with Crippen LogP contribution in [0.2, 0.25) is 0 Å². The normalized spacial score (nSPS) is 13.0. The number of phenolic OH excluding ortho intramolecular Hbond substituents is 1. The van der Waals surface area contributed by atoms with Crippen molar-refractivity contribution < 1.29 is 9.22 Å². The van der Waals surface area contributed by atoms with Crippen LogP contribution >= 0.6 is 0 Å². The van der Waals surface area contributed by atoms with Crippen molar-refractivity contribution in [1.82, 2.24) is 14.5 Å². The third kappa shape index (κ3) is 8.42. The first-order valence-electron chi connectivity index (χ1n) is 23.2. The highest BCUT2D eigenvalue weighted by Gasteiger charge is 2.26. The standard InChI is InChI=1S/C57H59N3O/c1-35(2)27-39-21-24-52(49(28-39)41-15-12-11-13-16-41)60-53-18-14-17-47(54(53)59-56(60)50-33-43(36(3)4)32-48(37(5)6)55(50)61)44-29-45(31-46(30-44)57(8,9)10)51-34-42(25-26-58-51)40-22-19-38(7)20-23-40/h11-26,28-37,61H,27H2,1-10H3/i7D3. The Labute approximate surface area is 367 Å². The highest BCUT2D eigenvalue weighted by molar-refractivity contribution is 5.98. The zero-order chi connectivity index (χ0) is 45.7. The molecule has 0 amide bonds. The number of hydrogen-bond acceptors (Lipinski definition) is 3. The minimum Gasteiger partial charge on any atom is -0.507 e. The number of phenols is 1. The van der Waals surface area contributed by atoms with Crippen molar-refractivity contribution in [3.8, 4) is 67.5 Å². The summed E-state index contributed by atoms with van der Waals surface area (Å²) in [5, 5.41) is 12.3. The van der Waals surface area contributed by atoms with E-state index in [1.807, 2.05) is 24.4 Å². The van der Waals surface area contributed by atoms with Gasteiger partial charge in [-0.1, -0.05) is 153 Å². The molecule has 4 nitrogen and oxygen atoms in total. The Balaban J connectivity index is 1.40. The van der Waals surface area contributed by atoms with Crippen molar-refractivity contribution in [3.05, 3.63) is 167 Å². The number of aromatic hydroxyl groups is 1. The Morgan fingerprint density at radius 2 is 1.39 bits per heavy atom. The number of imidazole rings is 1. The van der Waals surface area contributed by atoms with Crippen molar-refractivity contribution in [3.63, 3.8) is 0 Å². The fraction of sp³-hybridized carbons (Fsp3) is 0.263. The van der Waals surface area contributed by atoms with E-state index in [2.05, 4.69) is 170 Å². The molecule has 8 aromatic rings. The van der Waals surface area contributed by atoms with Crippen LogP contribution in [0.15, 0.2) is 140 Å². The van der Waals surface area contributed by atoms with Crippen LogP contribution in [0, 0.1) is 12.8 Å². The number of rotatable bonds is 10. The second kappa shape index (κ2) is 16.7. The molecule has 0 atom stereocenters. The van der Waals surface area contributed by atoms with Gasteiger partial charge in [-0.2, -0.15) is 0 Å². The lowest BCUT2D eigenvalue weighted by Gasteiger charge is -2.22. The molecular weight excluding hydrogens is 743 g/mol. The van der Waals surface area contributed by atoms with E-state index in [0.29, 0.717) is 22.9 Å². The van der Waals surface area contributed by atoms with E-state index in [1.54, 1.807) is 12.1 Å². The van der Waals surface area contributed by atoms with E-state index in [1.165, 1.54) is 5.56 Å². The monoisotopic (exact) mass is 804 g/mol. The number of fused-ring (bicyclic) bond motifs is 1. The predicted molar refractivity (Wildman–Crippen MR) is 258 cm³/mol. The molecule has 2 aromatic heterocycles. The van der Waals surface area contributed by atoms with Gasteiger partial charge < -0.3 is 5.11 Å². The average Bonchev–Trinajstić information content (AvgIpc) is 3.65. The fourth-order valence-corrected chi connectivity index (χ4v) is 8.40. The third-order valence-corrected chi connectivity index (χ3v) is 11.8. The lowest BCUT2D eigenvalue weighted by Crippen LogP contribution is -2.11. The van der Waals surface area contributed by atoms with Gasteiger partial charge in [-0.05, 0) is 129 Å². The van der Waals surface area contributed by atoms with Gasteiger partial charge in [-0.25, -0.2) is 4.98 Å². The van der Waals surface area contributed by atoms with Gasteiger partial charge in [0.15, 0.2) is 0 Å². The van der Waals surface area contributed by atoms with Gasteiger partial charge in [-0.3, -0.25) is 9.55 Å². The van der Waals surface area contributed by atoms with Gasteiger partial charge in [0.05, 0.1) is 28.0 Å². The molecule has 0 aliphatic heterocycles. The van der Waals surface area contributed by atoms with Crippen LogP contribution in [-0.2, 0) is 11.8 Å². The summed E-state index contributed by atoms with van der Waals surface area (Å²) in [4.78, 5) is 10.5. The first-order valence-corrected chi connectivity index (χ1v) is 21.7. The molecule has 2 heterocycles. The molecule has 0 aliphatic carbocycles. The molecule has 0 unspecified atom stereocenters. The topological polar surface area (TPSA) is 50.9 Å². The van der Waals surface area contributed by atoms with E-state index in [0.717, 1.165) is 84.5 Å². The molecule has 0 bridgehead atoms. The largest absolute Gasteiger partial charge is 0.507 e. The number of para-hydroxylation sites is 1.